The SMILES string of the molecule is COc1ccc2c(c1)C(=O)NCC1(CCN(C(=O)c3ccc(C)nc3)CC1)O2. The lowest BCUT2D eigenvalue weighted by Crippen LogP contribution is -2.54. The van der Waals surface area contributed by atoms with Crippen LogP contribution in [0.5, 0.6) is 11.5 Å². The van der Waals surface area contributed by atoms with Gasteiger partial charge in [-0.25, -0.2) is 0 Å². The molecule has 0 saturated carbocycles. The Balaban J connectivity index is 1.49. The van der Waals surface area contributed by atoms with Crippen LogP contribution in [-0.2, 0) is 0 Å². The smallest absolute Gasteiger partial charge is 0.255 e. The number of piperidine rings is 1. The Morgan fingerprint density at radius 3 is 2.71 bits per heavy atom. The summed E-state index contributed by atoms with van der Waals surface area (Å²) < 4.78 is 11.5. The van der Waals surface area contributed by atoms with Crippen LogP contribution in [0.25, 0.3) is 0 Å². The third-order valence-electron chi connectivity index (χ3n) is 5.45. The number of rotatable bonds is 2. The van der Waals surface area contributed by atoms with Gasteiger partial charge in [-0.15, -0.1) is 0 Å². The van der Waals surface area contributed by atoms with Gasteiger partial charge >= 0.3 is 0 Å². The number of carbonyl (C=O) groups excluding carboxylic acids is 2. The monoisotopic (exact) mass is 381 g/mol. The van der Waals surface area contributed by atoms with Gasteiger partial charge in [0.1, 0.15) is 17.1 Å². The minimum absolute atomic E-state index is 0.0230. The van der Waals surface area contributed by atoms with Crippen molar-refractivity contribution >= 4 is 11.8 Å². The van der Waals surface area contributed by atoms with Crippen LogP contribution in [0.2, 0.25) is 0 Å². The number of amides is 2. The highest BCUT2D eigenvalue weighted by Crippen LogP contribution is 2.34. The third-order valence-corrected chi connectivity index (χ3v) is 5.45. The van der Waals surface area contributed by atoms with Gasteiger partial charge in [0.2, 0.25) is 0 Å². The number of methoxy groups -OCH3 is 1. The van der Waals surface area contributed by atoms with Crippen LogP contribution < -0.4 is 14.8 Å². The number of carbonyl (C=O) groups is 2. The van der Waals surface area contributed by atoms with E-state index in [9.17, 15) is 9.59 Å². The normalized spacial score (nSPS) is 17.9. The average molecular weight is 381 g/mol. The number of ether oxygens (including phenoxy) is 2. The van der Waals surface area contributed by atoms with E-state index in [0.717, 1.165) is 5.69 Å². The molecule has 1 aromatic heterocycles. The molecule has 28 heavy (non-hydrogen) atoms. The lowest BCUT2D eigenvalue weighted by molar-refractivity contribution is 0.00768. The molecule has 2 aliphatic rings. The summed E-state index contributed by atoms with van der Waals surface area (Å²) in [5.74, 6) is 0.971. The number of likely N-dealkylation sites (tertiary alicyclic amines) is 1. The Morgan fingerprint density at radius 2 is 2.04 bits per heavy atom. The lowest BCUT2D eigenvalue weighted by Gasteiger charge is -2.41. The van der Waals surface area contributed by atoms with Crippen LogP contribution in [0.4, 0.5) is 0 Å². The number of fused-ring (bicyclic) bond motifs is 1. The van der Waals surface area contributed by atoms with E-state index >= 15 is 0 Å². The Bertz CT molecular complexity index is 902. The van der Waals surface area contributed by atoms with Gasteiger partial charge in [0.05, 0.1) is 24.8 Å². The van der Waals surface area contributed by atoms with E-state index in [1.807, 2.05) is 17.9 Å². The standard InChI is InChI=1S/C21H23N3O4/c1-14-3-4-15(12-22-14)20(26)24-9-7-21(8-10-24)13-23-19(25)17-11-16(27-2)5-6-18(17)28-21/h3-6,11-12H,7-10,13H2,1-2H3,(H,23,25). The van der Waals surface area contributed by atoms with Gasteiger partial charge in [0.25, 0.3) is 11.8 Å². The van der Waals surface area contributed by atoms with Gasteiger partial charge in [0.15, 0.2) is 0 Å². The Hall–Kier alpha value is -3.09. The summed E-state index contributed by atoms with van der Waals surface area (Å²) in [5.41, 5.74) is 1.43. The largest absolute Gasteiger partial charge is 0.497 e. The van der Waals surface area contributed by atoms with Crippen molar-refractivity contribution < 1.29 is 19.1 Å². The first kappa shape index (κ1) is 18.3. The molecule has 146 valence electrons. The summed E-state index contributed by atoms with van der Waals surface area (Å²) >= 11 is 0. The van der Waals surface area contributed by atoms with Crippen molar-refractivity contribution in [3.05, 3.63) is 53.3 Å². The van der Waals surface area contributed by atoms with Crippen LogP contribution in [0.15, 0.2) is 36.5 Å². The molecule has 1 saturated heterocycles. The number of hydrogen-bond donors (Lipinski definition) is 1. The van der Waals surface area contributed by atoms with Crippen LogP contribution in [-0.4, -0.2) is 54.0 Å². The molecule has 2 amide bonds. The van der Waals surface area contributed by atoms with E-state index in [1.54, 1.807) is 37.6 Å². The predicted molar refractivity (Wildman–Crippen MR) is 103 cm³/mol. The highest BCUT2D eigenvalue weighted by atomic mass is 16.5. The first-order valence-corrected chi connectivity index (χ1v) is 9.37. The molecular weight excluding hydrogens is 358 g/mol. The second kappa shape index (κ2) is 7.14. The number of nitrogens with one attached hydrogen (secondary N) is 1. The first-order valence-electron chi connectivity index (χ1n) is 9.37. The molecule has 0 radical (unpaired) electrons. The van der Waals surface area contributed by atoms with Crippen LogP contribution in [0, 0.1) is 6.92 Å². The van der Waals surface area contributed by atoms with Gasteiger partial charge in [-0.1, -0.05) is 0 Å². The summed E-state index contributed by atoms with van der Waals surface area (Å²) in [6, 6.07) is 8.89. The number of benzene rings is 1. The van der Waals surface area contributed by atoms with Crippen molar-refractivity contribution in [3.8, 4) is 11.5 Å². The molecule has 0 unspecified atom stereocenters. The molecular formula is C21H23N3O4. The van der Waals surface area contributed by atoms with Crippen molar-refractivity contribution in [3.63, 3.8) is 0 Å². The number of aromatic nitrogens is 1. The fraction of sp³-hybridized carbons (Fsp3) is 0.381. The summed E-state index contributed by atoms with van der Waals surface area (Å²) in [4.78, 5) is 31.2. The van der Waals surface area contributed by atoms with E-state index in [4.69, 9.17) is 9.47 Å². The maximum atomic E-state index is 12.7. The van der Waals surface area contributed by atoms with Crippen molar-refractivity contribution in [1.82, 2.24) is 15.2 Å². The van der Waals surface area contributed by atoms with Crippen LogP contribution in [0.3, 0.4) is 0 Å². The van der Waals surface area contributed by atoms with Gasteiger partial charge in [0, 0.05) is 37.8 Å². The molecule has 0 bridgehead atoms. The van der Waals surface area contributed by atoms with Crippen LogP contribution in [0.1, 0.15) is 39.3 Å². The zero-order valence-electron chi connectivity index (χ0n) is 16.0. The molecule has 7 heteroatoms. The molecule has 4 rings (SSSR count). The summed E-state index contributed by atoms with van der Waals surface area (Å²) in [6.45, 7) is 3.43. The van der Waals surface area contributed by atoms with E-state index < -0.39 is 5.60 Å². The minimum Gasteiger partial charge on any atom is -0.497 e. The molecule has 1 spiro atoms. The van der Waals surface area contributed by atoms with Crippen LogP contribution >= 0.6 is 0 Å². The minimum atomic E-state index is -0.516. The van der Waals surface area contributed by atoms with Crippen molar-refractivity contribution in [1.29, 1.82) is 0 Å². The number of nitrogens with zero attached hydrogens (tertiary/aromatic N) is 2. The Labute approximate surface area is 163 Å². The van der Waals surface area contributed by atoms with Gasteiger partial charge in [-0.05, 0) is 37.3 Å². The van der Waals surface area contributed by atoms with E-state index in [1.165, 1.54) is 0 Å². The molecule has 0 aliphatic carbocycles. The van der Waals surface area contributed by atoms with E-state index in [0.29, 0.717) is 55.1 Å². The second-order valence-electron chi connectivity index (χ2n) is 7.31. The predicted octanol–water partition coefficient (Wildman–Crippen LogP) is 2.20. The lowest BCUT2D eigenvalue weighted by atomic mass is 9.90. The van der Waals surface area contributed by atoms with Crippen molar-refractivity contribution in [2.45, 2.75) is 25.4 Å². The fourth-order valence-corrected chi connectivity index (χ4v) is 3.68. The fourth-order valence-electron chi connectivity index (χ4n) is 3.68. The first-order chi connectivity index (χ1) is 13.5. The summed E-state index contributed by atoms with van der Waals surface area (Å²) in [6.07, 6.45) is 2.90. The molecule has 7 nitrogen and oxygen atoms in total. The molecule has 2 aliphatic heterocycles. The maximum absolute atomic E-state index is 12.7. The van der Waals surface area contributed by atoms with Gasteiger partial charge in [-0.3, -0.25) is 14.6 Å². The molecule has 2 aromatic rings. The Kier molecular flexibility index (Phi) is 4.66. The van der Waals surface area contributed by atoms with Crippen molar-refractivity contribution in [2.75, 3.05) is 26.7 Å². The third kappa shape index (κ3) is 3.40. The zero-order valence-corrected chi connectivity index (χ0v) is 16.0. The average Bonchev–Trinajstić information content (AvgIpc) is 2.85. The highest BCUT2D eigenvalue weighted by molar-refractivity contribution is 5.98. The van der Waals surface area contributed by atoms with Gasteiger partial charge in [-0.2, -0.15) is 0 Å². The molecule has 1 aromatic carbocycles. The number of hydrogen-bond acceptors (Lipinski definition) is 5. The number of aryl methyl sites for hydroxylation is 1. The van der Waals surface area contributed by atoms with Crippen molar-refractivity contribution in [2.24, 2.45) is 0 Å². The van der Waals surface area contributed by atoms with E-state index in [-0.39, 0.29) is 11.8 Å². The highest BCUT2D eigenvalue weighted by Gasteiger charge is 2.41. The topological polar surface area (TPSA) is 80.8 Å². The van der Waals surface area contributed by atoms with E-state index in [2.05, 4.69) is 10.3 Å². The quantitative estimate of drug-likeness (QED) is 0.863. The van der Waals surface area contributed by atoms with Gasteiger partial charge < -0.3 is 19.7 Å². The second-order valence-corrected chi connectivity index (χ2v) is 7.31. The summed E-state index contributed by atoms with van der Waals surface area (Å²) in [7, 11) is 1.56. The summed E-state index contributed by atoms with van der Waals surface area (Å²) in [5, 5.41) is 2.96. The molecule has 0 atom stereocenters. The molecule has 3 heterocycles. The molecule has 1 fully saturated rings. The zero-order chi connectivity index (χ0) is 19.7. The Morgan fingerprint density at radius 1 is 1.25 bits per heavy atom. The molecule has 1 N–H and O–H groups in total. The maximum Gasteiger partial charge on any atom is 0.255 e. The number of pyridine rings is 1.